The van der Waals surface area contributed by atoms with Crippen molar-refractivity contribution < 1.29 is 4.79 Å². The number of benzene rings is 1. The van der Waals surface area contributed by atoms with Gasteiger partial charge in [0.15, 0.2) is 0 Å². The van der Waals surface area contributed by atoms with E-state index in [1.165, 1.54) is 12.8 Å². The van der Waals surface area contributed by atoms with Crippen LogP contribution in [0.1, 0.15) is 29.8 Å². The minimum absolute atomic E-state index is 0.0266. The third-order valence-electron chi connectivity index (χ3n) is 4.80. The van der Waals surface area contributed by atoms with Gasteiger partial charge in [0.25, 0.3) is 5.91 Å². The Morgan fingerprint density at radius 3 is 2.90 bits per heavy atom. The zero-order valence-corrected chi connectivity index (χ0v) is 11.4. The van der Waals surface area contributed by atoms with E-state index in [0.29, 0.717) is 23.7 Å². The van der Waals surface area contributed by atoms with Crippen molar-refractivity contribution in [1.29, 1.82) is 0 Å². The molecule has 104 valence electrons. The highest BCUT2D eigenvalue weighted by molar-refractivity contribution is 5.98. The monoisotopic (exact) mass is 269 g/mol. The maximum Gasteiger partial charge on any atom is 0.267 e. The van der Waals surface area contributed by atoms with Crippen LogP contribution in [0, 0.1) is 5.92 Å². The van der Waals surface area contributed by atoms with Crippen molar-refractivity contribution in [3.63, 3.8) is 0 Å². The standard InChI is InChI=1S/C16H19N3O/c20-16(15-9-10-3-1-2-4-12(10)18-15)19-14-7-8-17-13-6-5-11(13)14/h1-4,9,11,13-14,17-18H,5-8H2,(H,19,20)/t11?,13?,14-/m1/s1. The number of hydrogen-bond donors (Lipinski definition) is 3. The Bertz CT molecular complexity index is 615. The summed E-state index contributed by atoms with van der Waals surface area (Å²) in [6, 6.07) is 10.9. The number of amides is 1. The van der Waals surface area contributed by atoms with E-state index in [1.807, 2.05) is 30.3 Å². The second-order valence-corrected chi connectivity index (χ2v) is 5.94. The van der Waals surface area contributed by atoms with Crippen LogP contribution in [0.4, 0.5) is 0 Å². The molecular formula is C16H19N3O. The third kappa shape index (κ3) is 1.91. The van der Waals surface area contributed by atoms with Gasteiger partial charge in [0.1, 0.15) is 5.69 Å². The smallest absolute Gasteiger partial charge is 0.267 e. The zero-order valence-electron chi connectivity index (χ0n) is 11.4. The first-order chi connectivity index (χ1) is 9.81. The van der Waals surface area contributed by atoms with Gasteiger partial charge in [-0.25, -0.2) is 0 Å². The molecule has 1 aromatic heterocycles. The molecule has 3 N–H and O–H groups in total. The van der Waals surface area contributed by atoms with Crippen LogP contribution in [-0.2, 0) is 0 Å². The molecular weight excluding hydrogens is 250 g/mol. The summed E-state index contributed by atoms with van der Waals surface area (Å²) in [5.41, 5.74) is 1.69. The molecule has 4 heteroatoms. The number of fused-ring (bicyclic) bond motifs is 2. The average Bonchev–Trinajstić information content (AvgIpc) is 2.85. The van der Waals surface area contributed by atoms with Gasteiger partial charge in [0.2, 0.25) is 0 Å². The van der Waals surface area contributed by atoms with Gasteiger partial charge in [-0.05, 0) is 43.9 Å². The highest BCUT2D eigenvalue weighted by Crippen LogP contribution is 2.34. The first-order valence-corrected chi connectivity index (χ1v) is 7.43. The number of nitrogens with one attached hydrogen (secondary N) is 3. The number of aromatic nitrogens is 1. The fourth-order valence-corrected chi connectivity index (χ4v) is 3.52. The highest BCUT2D eigenvalue weighted by Gasteiger charge is 2.40. The van der Waals surface area contributed by atoms with E-state index in [9.17, 15) is 4.79 Å². The summed E-state index contributed by atoms with van der Waals surface area (Å²) in [4.78, 5) is 15.6. The van der Waals surface area contributed by atoms with Gasteiger partial charge in [0.05, 0.1) is 0 Å². The van der Waals surface area contributed by atoms with Gasteiger partial charge in [-0.3, -0.25) is 4.79 Å². The molecule has 1 amide bonds. The van der Waals surface area contributed by atoms with Gasteiger partial charge < -0.3 is 15.6 Å². The Morgan fingerprint density at radius 1 is 1.20 bits per heavy atom. The Hall–Kier alpha value is -1.81. The lowest BCUT2D eigenvalue weighted by Gasteiger charge is -2.46. The van der Waals surface area contributed by atoms with Crippen LogP contribution in [0.3, 0.4) is 0 Å². The molecule has 3 atom stereocenters. The van der Waals surface area contributed by atoms with Gasteiger partial charge in [-0.2, -0.15) is 0 Å². The molecule has 2 heterocycles. The highest BCUT2D eigenvalue weighted by atomic mass is 16.1. The Kier molecular flexibility index (Phi) is 2.77. The van der Waals surface area contributed by atoms with E-state index < -0.39 is 0 Å². The lowest BCUT2D eigenvalue weighted by atomic mass is 9.71. The van der Waals surface area contributed by atoms with Crippen LogP contribution in [0.15, 0.2) is 30.3 Å². The van der Waals surface area contributed by atoms with Crippen molar-refractivity contribution >= 4 is 16.8 Å². The molecule has 1 aliphatic heterocycles. The minimum atomic E-state index is 0.0266. The SMILES string of the molecule is O=C(N[C@@H]1CCNC2CCC21)c1cc2ccccc2[nH]1. The van der Waals surface area contributed by atoms with E-state index in [-0.39, 0.29) is 5.91 Å². The number of para-hydroxylation sites is 1. The Morgan fingerprint density at radius 2 is 2.10 bits per heavy atom. The summed E-state index contributed by atoms with van der Waals surface area (Å²) in [6.07, 6.45) is 3.52. The Balaban J connectivity index is 1.52. The Labute approximate surface area is 117 Å². The summed E-state index contributed by atoms with van der Waals surface area (Å²) in [5.74, 6) is 0.649. The lowest BCUT2D eigenvalue weighted by molar-refractivity contribution is 0.0794. The molecule has 1 aliphatic carbocycles. The normalized spacial score (nSPS) is 28.7. The number of rotatable bonds is 2. The fourth-order valence-electron chi connectivity index (χ4n) is 3.52. The number of carbonyl (C=O) groups excluding carboxylic acids is 1. The first-order valence-electron chi connectivity index (χ1n) is 7.43. The molecule has 20 heavy (non-hydrogen) atoms. The van der Waals surface area contributed by atoms with Crippen molar-refractivity contribution in [3.05, 3.63) is 36.0 Å². The molecule has 0 bridgehead atoms. The molecule has 2 unspecified atom stereocenters. The van der Waals surface area contributed by atoms with Crippen molar-refractivity contribution in [2.45, 2.75) is 31.3 Å². The van der Waals surface area contributed by atoms with E-state index in [1.54, 1.807) is 0 Å². The summed E-state index contributed by atoms with van der Waals surface area (Å²) in [6.45, 7) is 1.01. The summed E-state index contributed by atoms with van der Waals surface area (Å²) < 4.78 is 0. The molecule has 1 saturated carbocycles. The summed E-state index contributed by atoms with van der Waals surface area (Å²) in [7, 11) is 0. The first kappa shape index (κ1) is 12.0. The van der Waals surface area contributed by atoms with Crippen LogP contribution in [0.25, 0.3) is 10.9 Å². The number of H-pyrrole nitrogens is 1. The number of hydrogen-bond acceptors (Lipinski definition) is 2. The van der Waals surface area contributed by atoms with Crippen molar-refractivity contribution in [2.75, 3.05) is 6.54 Å². The molecule has 4 rings (SSSR count). The maximum absolute atomic E-state index is 12.4. The van der Waals surface area contributed by atoms with Crippen LogP contribution >= 0.6 is 0 Å². The predicted octanol–water partition coefficient (Wildman–Crippen LogP) is 2.04. The predicted molar refractivity (Wildman–Crippen MR) is 78.7 cm³/mol. The molecule has 2 aliphatic rings. The van der Waals surface area contributed by atoms with Gasteiger partial charge in [-0.1, -0.05) is 18.2 Å². The van der Waals surface area contributed by atoms with Crippen molar-refractivity contribution in [2.24, 2.45) is 5.92 Å². The molecule has 2 aromatic rings. The largest absolute Gasteiger partial charge is 0.351 e. The van der Waals surface area contributed by atoms with Crippen molar-refractivity contribution in [1.82, 2.24) is 15.6 Å². The number of aromatic amines is 1. The molecule has 1 aromatic carbocycles. The minimum Gasteiger partial charge on any atom is -0.351 e. The van der Waals surface area contributed by atoms with E-state index in [2.05, 4.69) is 15.6 Å². The zero-order chi connectivity index (χ0) is 13.5. The molecule has 2 fully saturated rings. The third-order valence-corrected chi connectivity index (χ3v) is 4.80. The molecule has 0 radical (unpaired) electrons. The van der Waals surface area contributed by atoms with Crippen LogP contribution < -0.4 is 10.6 Å². The van der Waals surface area contributed by atoms with E-state index >= 15 is 0 Å². The quantitative estimate of drug-likeness (QED) is 0.781. The second kappa shape index (κ2) is 4.63. The topological polar surface area (TPSA) is 56.9 Å². The van der Waals surface area contributed by atoms with Crippen LogP contribution in [-0.4, -0.2) is 29.5 Å². The van der Waals surface area contributed by atoms with Crippen LogP contribution in [0.5, 0.6) is 0 Å². The maximum atomic E-state index is 12.4. The van der Waals surface area contributed by atoms with Gasteiger partial charge >= 0.3 is 0 Å². The van der Waals surface area contributed by atoms with Gasteiger partial charge in [-0.15, -0.1) is 0 Å². The summed E-state index contributed by atoms with van der Waals surface area (Å²) >= 11 is 0. The number of carbonyl (C=O) groups is 1. The van der Waals surface area contributed by atoms with Gasteiger partial charge in [0, 0.05) is 23.0 Å². The summed E-state index contributed by atoms with van der Waals surface area (Å²) in [5, 5.41) is 7.83. The fraction of sp³-hybridized carbons (Fsp3) is 0.438. The number of piperidine rings is 1. The van der Waals surface area contributed by atoms with Crippen LogP contribution in [0.2, 0.25) is 0 Å². The second-order valence-electron chi connectivity index (χ2n) is 5.94. The average molecular weight is 269 g/mol. The van der Waals surface area contributed by atoms with E-state index in [4.69, 9.17) is 0 Å². The molecule has 4 nitrogen and oxygen atoms in total. The lowest BCUT2D eigenvalue weighted by Crippen LogP contribution is -2.59. The van der Waals surface area contributed by atoms with Crippen molar-refractivity contribution in [3.8, 4) is 0 Å². The molecule has 1 saturated heterocycles. The molecule has 0 spiro atoms. The van der Waals surface area contributed by atoms with E-state index in [0.717, 1.165) is 23.9 Å².